The van der Waals surface area contributed by atoms with Crippen molar-refractivity contribution in [3.63, 3.8) is 0 Å². The van der Waals surface area contributed by atoms with Gasteiger partial charge in [0.1, 0.15) is 0 Å². The first kappa shape index (κ1) is 10.9. The van der Waals surface area contributed by atoms with Crippen LogP contribution in [0, 0.1) is 0 Å². The van der Waals surface area contributed by atoms with Gasteiger partial charge in [0.25, 0.3) is 0 Å². The molecule has 15 heavy (non-hydrogen) atoms. The second-order valence-corrected chi connectivity index (χ2v) is 4.53. The molecule has 0 atom stereocenters. The Balaban J connectivity index is 2.58. The molecule has 0 saturated heterocycles. The monoisotopic (exact) mass is 254 g/mol. The Morgan fingerprint density at radius 3 is 2.47 bits per heavy atom. The van der Waals surface area contributed by atoms with Gasteiger partial charge in [0.15, 0.2) is 0 Å². The van der Waals surface area contributed by atoms with E-state index < -0.39 is 0 Å². The molecule has 76 valence electrons. The van der Waals surface area contributed by atoms with Gasteiger partial charge >= 0.3 is 0 Å². The molecule has 0 bridgehead atoms. The van der Waals surface area contributed by atoms with E-state index in [0.29, 0.717) is 10.0 Å². The van der Waals surface area contributed by atoms with Gasteiger partial charge in [-0.05, 0) is 35.9 Å². The van der Waals surface area contributed by atoms with E-state index in [2.05, 4.69) is 12.6 Å². The summed E-state index contributed by atoms with van der Waals surface area (Å²) in [5.74, 6) is 0. The van der Waals surface area contributed by atoms with E-state index in [0.717, 1.165) is 16.0 Å². The van der Waals surface area contributed by atoms with Gasteiger partial charge in [-0.1, -0.05) is 35.3 Å². The molecule has 0 saturated carbocycles. The average Bonchev–Trinajstić information content (AvgIpc) is 2.22. The minimum Gasteiger partial charge on any atom is -0.143 e. The van der Waals surface area contributed by atoms with E-state index in [-0.39, 0.29) is 0 Å². The molecule has 0 spiro atoms. The molecular formula is C12H8Cl2S. The summed E-state index contributed by atoms with van der Waals surface area (Å²) in [4.78, 5) is 0.884. The van der Waals surface area contributed by atoms with Crippen LogP contribution in [-0.2, 0) is 0 Å². The maximum Gasteiger partial charge on any atom is 0.0485 e. The van der Waals surface area contributed by atoms with E-state index >= 15 is 0 Å². The second kappa shape index (κ2) is 4.48. The molecule has 2 aromatic rings. The second-order valence-electron chi connectivity index (χ2n) is 3.17. The molecule has 0 aromatic heterocycles. The average molecular weight is 255 g/mol. The Hall–Kier alpha value is -0.630. The highest BCUT2D eigenvalue weighted by atomic mass is 35.5. The Bertz CT molecular complexity index is 495. The van der Waals surface area contributed by atoms with Gasteiger partial charge in [0, 0.05) is 20.5 Å². The van der Waals surface area contributed by atoms with Crippen LogP contribution in [0.4, 0.5) is 0 Å². The summed E-state index contributed by atoms with van der Waals surface area (Å²) in [7, 11) is 0. The van der Waals surface area contributed by atoms with Crippen molar-refractivity contribution in [3.05, 3.63) is 52.5 Å². The largest absolute Gasteiger partial charge is 0.143 e. The fourth-order valence-corrected chi connectivity index (χ4v) is 2.01. The van der Waals surface area contributed by atoms with Crippen LogP contribution in [0.15, 0.2) is 47.4 Å². The number of benzene rings is 2. The van der Waals surface area contributed by atoms with Gasteiger partial charge in [0.05, 0.1) is 0 Å². The fraction of sp³-hybridized carbons (Fsp3) is 0. The number of rotatable bonds is 1. The molecule has 0 aliphatic rings. The van der Waals surface area contributed by atoms with Gasteiger partial charge in [-0.25, -0.2) is 0 Å². The first-order valence-electron chi connectivity index (χ1n) is 4.41. The van der Waals surface area contributed by atoms with Gasteiger partial charge in [-0.15, -0.1) is 12.6 Å². The maximum absolute atomic E-state index is 6.11. The minimum atomic E-state index is 0.702. The van der Waals surface area contributed by atoms with Crippen LogP contribution in [0.3, 0.4) is 0 Å². The number of hydrogen-bond donors (Lipinski definition) is 1. The van der Waals surface area contributed by atoms with Crippen LogP contribution in [0.25, 0.3) is 11.1 Å². The molecule has 0 fully saturated rings. The Kier molecular flexibility index (Phi) is 3.25. The lowest BCUT2D eigenvalue weighted by atomic mass is 10.1. The highest BCUT2D eigenvalue weighted by molar-refractivity contribution is 7.80. The van der Waals surface area contributed by atoms with E-state index in [1.54, 1.807) is 0 Å². The van der Waals surface area contributed by atoms with Crippen LogP contribution >= 0.6 is 35.8 Å². The zero-order valence-electron chi connectivity index (χ0n) is 7.74. The topological polar surface area (TPSA) is 0 Å². The van der Waals surface area contributed by atoms with Crippen LogP contribution in [-0.4, -0.2) is 0 Å². The first-order chi connectivity index (χ1) is 7.16. The fourth-order valence-electron chi connectivity index (χ4n) is 1.39. The van der Waals surface area contributed by atoms with Gasteiger partial charge < -0.3 is 0 Å². The number of halogens is 2. The molecule has 0 amide bonds. The van der Waals surface area contributed by atoms with E-state index in [9.17, 15) is 0 Å². The summed E-state index contributed by atoms with van der Waals surface area (Å²) < 4.78 is 0. The van der Waals surface area contributed by atoms with E-state index in [1.165, 1.54) is 0 Å². The van der Waals surface area contributed by atoms with E-state index in [1.807, 2.05) is 42.5 Å². The molecule has 3 heteroatoms. The summed E-state index contributed by atoms with van der Waals surface area (Å²) >= 11 is 16.3. The van der Waals surface area contributed by atoms with Crippen LogP contribution in [0.1, 0.15) is 0 Å². The summed E-state index contributed by atoms with van der Waals surface area (Å²) in [6.07, 6.45) is 0. The smallest absolute Gasteiger partial charge is 0.0485 e. The molecule has 0 heterocycles. The summed E-state index contributed by atoms with van der Waals surface area (Å²) in [5, 5.41) is 1.41. The molecule has 2 rings (SSSR count). The highest BCUT2D eigenvalue weighted by Gasteiger charge is 2.04. The summed E-state index contributed by atoms with van der Waals surface area (Å²) in [5.41, 5.74) is 1.95. The third-order valence-corrected chi connectivity index (χ3v) is 2.93. The predicted octanol–water partition coefficient (Wildman–Crippen LogP) is 4.95. The SMILES string of the molecule is Sc1ccc(Cl)c(-c2cccc(Cl)c2)c1. The normalized spacial score (nSPS) is 10.3. The Morgan fingerprint density at radius 1 is 0.933 bits per heavy atom. The van der Waals surface area contributed by atoms with Gasteiger partial charge in [-0.2, -0.15) is 0 Å². The van der Waals surface area contributed by atoms with Crippen molar-refractivity contribution in [2.45, 2.75) is 4.90 Å². The quantitative estimate of drug-likeness (QED) is 0.685. The van der Waals surface area contributed by atoms with Crippen molar-refractivity contribution in [2.75, 3.05) is 0 Å². The Labute approximate surface area is 104 Å². The van der Waals surface area contributed by atoms with E-state index in [4.69, 9.17) is 23.2 Å². The number of hydrogen-bond acceptors (Lipinski definition) is 1. The third-order valence-electron chi connectivity index (χ3n) is 2.09. The van der Waals surface area contributed by atoms with Gasteiger partial charge in [-0.3, -0.25) is 0 Å². The summed E-state index contributed by atoms with van der Waals surface area (Å²) in [6.45, 7) is 0. The van der Waals surface area contributed by atoms with Crippen molar-refractivity contribution < 1.29 is 0 Å². The lowest BCUT2D eigenvalue weighted by molar-refractivity contribution is 1.47. The minimum absolute atomic E-state index is 0.702. The molecule has 0 N–H and O–H groups in total. The first-order valence-corrected chi connectivity index (χ1v) is 5.61. The molecule has 0 radical (unpaired) electrons. The van der Waals surface area contributed by atoms with Crippen molar-refractivity contribution in [3.8, 4) is 11.1 Å². The van der Waals surface area contributed by atoms with Crippen LogP contribution in [0.5, 0.6) is 0 Å². The molecule has 0 unspecified atom stereocenters. The van der Waals surface area contributed by atoms with Crippen molar-refractivity contribution in [1.29, 1.82) is 0 Å². The molecule has 0 aliphatic carbocycles. The van der Waals surface area contributed by atoms with Crippen molar-refractivity contribution >= 4 is 35.8 Å². The zero-order valence-corrected chi connectivity index (χ0v) is 10.2. The Morgan fingerprint density at radius 2 is 1.73 bits per heavy atom. The van der Waals surface area contributed by atoms with Crippen LogP contribution in [0.2, 0.25) is 10.0 Å². The zero-order chi connectivity index (χ0) is 10.8. The maximum atomic E-state index is 6.11. The van der Waals surface area contributed by atoms with Gasteiger partial charge in [0.2, 0.25) is 0 Å². The molecule has 2 aromatic carbocycles. The predicted molar refractivity (Wildman–Crippen MR) is 69.2 cm³/mol. The summed E-state index contributed by atoms with van der Waals surface area (Å²) in [6, 6.07) is 13.2. The highest BCUT2D eigenvalue weighted by Crippen LogP contribution is 2.31. The number of thiol groups is 1. The lowest BCUT2D eigenvalue weighted by Gasteiger charge is -2.05. The molecule has 0 aliphatic heterocycles. The molecular weight excluding hydrogens is 247 g/mol. The standard InChI is InChI=1S/C12H8Cl2S/c13-9-3-1-2-8(6-9)11-7-10(15)4-5-12(11)14/h1-7,15H. The molecule has 0 nitrogen and oxygen atoms in total. The van der Waals surface area contributed by atoms with Crippen molar-refractivity contribution in [1.82, 2.24) is 0 Å². The third kappa shape index (κ3) is 2.49. The van der Waals surface area contributed by atoms with Crippen molar-refractivity contribution in [2.24, 2.45) is 0 Å². The van der Waals surface area contributed by atoms with Crippen LogP contribution < -0.4 is 0 Å². The lowest BCUT2D eigenvalue weighted by Crippen LogP contribution is -1.80.